The Hall–Kier alpha value is -0.970. The normalized spacial score (nSPS) is 23.9. The van der Waals surface area contributed by atoms with E-state index in [-0.39, 0.29) is 0 Å². The Balaban J connectivity index is 1.60. The van der Waals surface area contributed by atoms with E-state index in [1.165, 1.54) is 37.9 Å². The maximum Gasteiger partial charge on any atom is 0.136 e. The molecule has 1 unspecified atom stereocenters. The van der Waals surface area contributed by atoms with Gasteiger partial charge in [0.15, 0.2) is 0 Å². The summed E-state index contributed by atoms with van der Waals surface area (Å²) >= 11 is 2.07. The molecule has 1 saturated carbocycles. The summed E-state index contributed by atoms with van der Waals surface area (Å²) in [6.45, 7) is 0.991. The van der Waals surface area contributed by atoms with Gasteiger partial charge in [-0.15, -0.1) is 0 Å². The van der Waals surface area contributed by atoms with E-state index in [1.807, 2.05) is 6.07 Å². The Kier molecular flexibility index (Phi) is 3.59. The van der Waals surface area contributed by atoms with Gasteiger partial charge in [-0.2, -0.15) is 11.8 Å². The number of aromatic nitrogens is 2. The summed E-state index contributed by atoms with van der Waals surface area (Å²) in [7, 11) is 0. The van der Waals surface area contributed by atoms with Crippen molar-refractivity contribution in [2.75, 3.05) is 23.3 Å². The first-order chi connectivity index (χ1) is 8.81. The quantitative estimate of drug-likeness (QED) is 0.875. The Labute approximate surface area is 112 Å². The van der Waals surface area contributed by atoms with Gasteiger partial charge in [-0.1, -0.05) is 6.42 Å². The highest BCUT2D eigenvalue weighted by Gasteiger charge is 2.27. The zero-order valence-electron chi connectivity index (χ0n) is 10.6. The highest BCUT2D eigenvalue weighted by atomic mass is 32.2. The topological polar surface area (TPSA) is 63.8 Å². The lowest BCUT2D eigenvalue weighted by molar-refractivity contribution is 0.676. The average molecular weight is 264 g/mol. The van der Waals surface area contributed by atoms with Crippen molar-refractivity contribution in [3.63, 3.8) is 0 Å². The number of nitrogens with two attached hydrogens (primary N) is 1. The highest BCUT2D eigenvalue weighted by molar-refractivity contribution is 7.99. The predicted molar refractivity (Wildman–Crippen MR) is 77.0 cm³/mol. The molecule has 18 heavy (non-hydrogen) atoms. The zero-order valence-corrected chi connectivity index (χ0v) is 11.4. The van der Waals surface area contributed by atoms with Gasteiger partial charge in [0, 0.05) is 23.8 Å². The molecule has 0 amide bonds. The van der Waals surface area contributed by atoms with Crippen molar-refractivity contribution in [1.29, 1.82) is 0 Å². The summed E-state index contributed by atoms with van der Waals surface area (Å²) in [6, 6.07) is 1.85. The molecule has 1 aromatic heterocycles. The van der Waals surface area contributed by atoms with Crippen LogP contribution in [-0.2, 0) is 0 Å². The first-order valence-corrected chi connectivity index (χ1v) is 7.86. The lowest BCUT2D eigenvalue weighted by Gasteiger charge is -2.21. The Morgan fingerprint density at radius 2 is 2.17 bits per heavy atom. The molecule has 0 spiro atoms. The van der Waals surface area contributed by atoms with E-state index >= 15 is 0 Å². The van der Waals surface area contributed by atoms with Crippen LogP contribution in [0.4, 0.5) is 11.6 Å². The van der Waals surface area contributed by atoms with Gasteiger partial charge < -0.3 is 11.1 Å². The summed E-state index contributed by atoms with van der Waals surface area (Å²) in [4.78, 5) is 8.88. The number of rotatable bonds is 4. The fourth-order valence-electron chi connectivity index (χ4n) is 2.29. The molecule has 2 aliphatic rings. The van der Waals surface area contributed by atoms with Crippen molar-refractivity contribution in [3.8, 4) is 0 Å². The Morgan fingerprint density at radius 3 is 2.89 bits per heavy atom. The molecule has 1 saturated heterocycles. The van der Waals surface area contributed by atoms with E-state index in [0.29, 0.717) is 11.7 Å². The molecule has 1 aromatic rings. The van der Waals surface area contributed by atoms with Crippen LogP contribution in [0.2, 0.25) is 0 Å². The van der Waals surface area contributed by atoms with Crippen LogP contribution in [0, 0.1) is 0 Å². The lowest BCUT2D eigenvalue weighted by Crippen LogP contribution is -2.20. The largest absolute Gasteiger partial charge is 0.384 e. The van der Waals surface area contributed by atoms with Gasteiger partial charge in [0.05, 0.1) is 0 Å². The van der Waals surface area contributed by atoms with Crippen molar-refractivity contribution in [2.45, 2.75) is 43.3 Å². The fraction of sp³-hybridized carbons (Fsp3) is 0.692. The van der Waals surface area contributed by atoms with Crippen molar-refractivity contribution >= 4 is 23.4 Å². The molecule has 0 radical (unpaired) electrons. The standard InChI is InChI=1S/C13H20N4S/c14-11-7-12(17-13(16-11)9-4-5-9)15-8-10-3-1-2-6-18-10/h7,9-10H,1-6,8H2,(H3,14,15,16,17). The number of thioether (sulfide) groups is 1. The third kappa shape index (κ3) is 3.07. The minimum atomic E-state index is 0.554. The first-order valence-electron chi connectivity index (χ1n) is 6.81. The van der Waals surface area contributed by atoms with Gasteiger partial charge in [0.25, 0.3) is 0 Å². The van der Waals surface area contributed by atoms with E-state index in [0.717, 1.165) is 23.4 Å². The Bertz CT molecular complexity index is 413. The summed E-state index contributed by atoms with van der Waals surface area (Å²) in [5.41, 5.74) is 5.84. The van der Waals surface area contributed by atoms with Crippen LogP contribution >= 0.6 is 11.8 Å². The van der Waals surface area contributed by atoms with Gasteiger partial charge in [-0.05, 0) is 31.4 Å². The highest BCUT2D eigenvalue weighted by Crippen LogP contribution is 2.38. The third-order valence-corrected chi connectivity index (χ3v) is 4.89. The van der Waals surface area contributed by atoms with Crippen LogP contribution in [-0.4, -0.2) is 27.5 Å². The molecule has 1 atom stereocenters. The molecule has 0 bridgehead atoms. The molecule has 1 aliphatic carbocycles. The van der Waals surface area contributed by atoms with Crippen LogP contribution in [0.1, 0.15) is 43.8 Å². The second-order valence-corrected chi connectivity index (χ2v) is 6.59. The molecule has 4 nitrogen and oxygen atoms in total. The minimum Gasteiger partial charge on any atom is -0.384 e. The third-order valence-electron chi connectivity index (χ3n) is 3.49. The molecule has 3 N–H and O–H groups in total. The summed E-state index contributed by atoms with van der Waals surface area (Å²) < 4.78 is 0. The van der Waals surface area contributed by atoms with Crippen LogP contribution in [0.3, 0.4) is 0 Å². The molecular formula is C13H20N4S. The first kappa shape index (κ1) is 12.1. The second-order valence-electron chi connectivity index (χ2n) is 5.18. The van der Waals surface area contributed by atoms with Crippen LogP contribution in [0.15, 0.2) is 6.07 Å². The zero-order chi connectivity index (χ0) is 12.4. The number of nitrogens with zero attached hydrogens (tertiary/aromatic N) is 2. The van der Waals surface area contributed by atoms with Crippen molar-refractivity contribution in [2.24, 2.45) is 0 Å². The maximum absolute atomic E-state index is 5.84. The Morgan fingerprint density at radius 1 is 1.28 bits per heavy atom. The van der Waals surface area contributed by atoms with Crippen molar-refractivity contribution < 1.29 is 0 Å². The van der Waals surface area contributed by atoms with E-state index in [4.69, 9.17) is 5.73 Å². The molecule has 2 fully saturated rings. The van der Waals surface area contributed by atoms with Gasteiger partial charge in [0.2, 0.25) is 0 Å². The number of anilines is 2. The van der Waals surface area contributed by atoms with E-state index in [1.54, 1.807) is 0 Å². The van der Waals surface area contributed by atoms with Crippen molar-refractivity contribution in [3.05, 3.63) is 11.9 Å². The summed E-state index contributed by atoms with van der Waals surface area (Å²) in [5, 5.41) is 4.15. The maximum atomic E-state index is 5.84. The average Bonchev–Trinajstić information content (AvgIpc) is 3.21. The molecule has 98 valence electrons. The summed E-state index contributed by atoms with van der Waals surface area (Å²) in [6.07, 6.45) is 6.46. The van der Waals surface area contributed by atoms with E-state index < -0.39 is 0 Å². The smallest absolute Gasteiger partial charge is 0.136 e. The van der Waals surface area contributed by atoms with Gasteiger partial charge in [-0.25, -0.2) is 9.97 Å². The molecule has 3 rings (SSSR count). The molecule has 1 aliphatic heterocycles. The minimum absolute atomic E-state index is 0.554. The molecule has 0 aromatic carbocycles. The van der Waals surface area contributed by atoms with E-state index in [2.05, 4.69) is 27.0 Å². The van der Waals surface area contributed by atoms with E-state index in [9.17, 15) is 0 Å². The van der Waals surface area contributed by atoms with Gasteiger partial charge >= 0.3 is 0 Å². The monoisotopic (exact) mass is 264 g/mol. The SMILES string of the molecule is Nc1cc(NCC2CCCCS2)nc(C2CC2)n1. The van der Waals surface area contributed by atoms with Gasteiger partial charge in [-0.3, -0.25) is 0 Å². The van der Waals surface area contributed by atoms with Crippen LogP contribution < -0.4 is 11.1 Å². The number of nitrogen functional groups attached to an aromatic ring is 1. The lowest BCUT2D eigenvalue weighted by atomic mass is 10.2. The summed E-state index contributed by atoms with van der Waals surface area (Å²) in [5.74, 6) is 4.26. The number of nitrogens with one attached hydrogen (secondary N) is 1. The molecule has 2 heterocycles. The molecule has 5 heteroatoms. The number of hydrogen-bond donors (Lipinski definition) is 2. The van der Waals surface area contributed by atoms with Crippen LogP contribution in [0.25, 0.3) is 0 Å². The van der Waals surface area contributed by atoms with Gasteiger partial charge in [0.1, 0.15) is 17.5 Å². The van der Waals surface area contributed by atoms with Crippen molar-refractivity contribution in [1.82, 2.24) is 9.97 Å². The molecular weight excluding hydrogens is 244 g/mol. The van der Waals surface area contributed by atoms with Crippen LogP contribution in [0.5, 0.6) is 0 Å². The fourth-order valence-corrected chi connectivity index (χ4v) is 3.53. The number of hydrogen-bond acceptors (Lipinski definition) is 5. The second kappa shape index (κ2) is 5.34. The predicted octanol–water partition coefficient (Wildman–Crippen LogP) is 2.63.